The summed E-state index contributed by atoms with van der Waals surface area (Å²) in [4.78, 5) is 0. The third-order valence-electron chi connectivity index (χ3n) is 3.25. The second-order valence-corrected chi connectivity index (χ2v) is 4.46. The number of rotatable bonds is 1. The van der Waals surface area contributed by atoms with Crippen LogP contribution >= 0.6 is 0 Å². The van der Waals surface area contributed by atoms with Gasteiger partial charge in [0.25, 0.3) is 0 Å². The molecule has 0 amide bonds. The fourth-order valence-electron chi connectivity index (χ4n) is 2.27. The average molecular weight is 247 g/mol. The van der Waals surface area contributed by atoms with Crippen LogP contribution in [0.5, 0.6) is 0 Å². The number of halogens is 1. The number of nitrogen functional groups attached to an aromatic ring is 1. The number of hydrogen-bond acceptors (Lipinski definition) is 3. The van der Waals surface area contributed by atoms with Crippen molar-refractivity contribution in [2.75, 3.05) is 12.3 Å². The van der Waals surface area contributed by atoms with Crippen LogP contribution in [0.2, 0.25) is 0 Å². The first-order chi connectivity index (χ1) is 8.66. The standard InChI is InChI=1S/C13H14FN3O/c1-8-2-3-9(14)6-12(8)17-11-4-5-18-7-10(11)13(15)16-17/h2-3,6H,4-5,7H2,1H3,(H2,15,16). The van der Waals surface area contributed by atoms with Gasteiger partial charge in [-0.15, -0.1) is 0 Å². The highest BCUT2D eigenvalue weighted by Gasteiger charge is 2.21. The molecule has 2 aromatic rings. The Balaban J connectivity index is 2.20. The van der Waals surface area contributed by atoms with Crippen LogP contribution in [0.15, 0.2) is 18.2 Å². The van der Waals surface area contributed by atoms with Gasteiger partial charge in [-0.3, -0.25) is 0 Å². The molecule has 0 radical (unpaired) electrons. The van der Waals surface area contributed by atoms with E-state index in [0.29, 0.717) is 19.0 Å². The lowest BCUT2D eigenvalue weighted by Gasteiger charge is -2.15. The highest BCUT2D eigenvalue weighted by molar-refractivity contribution is 5.49. The number of nitrogens with zero attached hydrogens (tertiary/aromatic N) is 2. The van der Waals surface area contributed by atoms with Gasteiger partial charge in [0.1, 0.15) is 5.82 Å². The van der Waals surface area contributed by atoms with Crippen molar-refractivity contribution in [3.05, 3.63) is 40.8 Å². The molecular formula is C13H14FN3O. The first-order valence-corrected chi connectivity index (χ1v) is 5.87. The summed E-state index contributed by atoms with van der Waals surface area (Å²) in [5.41, 5.74) is 9.53. The monoisotopic (exact) mass is 247 g/mol. The first kappa shape index (κ1) is 11.2. The molecule has 18 heavy (non-hydrogen) atoms. The Hall–Kier alpha value is -1.88. The summed E-state index contributed by atoms with van der Waals surface area (Å²) in [5.74, 6) is 0.193. The Kier molecular flexibility index (Phi) is 2.56. The minimum Gasteiger partial charge on any atom is -0.382 e. The van der Waals surface area contributed by atoms with E-state index in [1.807, 2.05) is 6.92 Å². The molecule has 0 saturated carbocycles. The van der Waals surface area contributed by atoms with E-state index in [0.717, 1.165) is 28.9 Å². The molecule has 4 nitrogen and oxygen atoms in total. The summed E-state index contributed by atoms with van der Waals surface area (Å²) in [6.45, 7) is 3.06. The molecule has 1 aromatic carbocycles. The van der Waals surface area contributed by atoms with E-state index in [-0.39, 0.29) is 5.82 Å². The van der Waals surface area contributed by atoms with Crippen LogP contribution in [0, 0.1) is 12.7 Å². The fourth-order valence-corrected chi connectivity index (χ4v) is 2.27. The van der Waals surface area contributed by atoms with Gasteiger partial charge in [0.15, 0.2) is 5.82 Å². The number of nitrogens with two attached hydrogens (primary N) is 1. The average Bonchev–Trinajstić information content (AvgIpc) is 2.71. The number of anilines is 1. The Morgan fingerprint density at radius 2 is 2.28 bits per heavy atom. The summed E-state index contributed by atoms with van der Waals surface area (Å²) in [6.07, 6.45) is 0.746. The van der Waals surface area contributed by atoms with Crippen molar-refractivity contribution in [3.63, 3.8) is 0 Å². The molecule has 1 aliphatic heterocycles. The molecule has 0 bridgehead atoms. The van der Waals surface area contributed by atoms with Crippen LogP contribution in [-0.2, 0) is 17.8 Å². The van der Waals surface area contributed by atoms with Crippen molar-refractivity contribution in [2.24, 2.45) is 0 Å². The van der Waals surface area contributed by atoms with Gasteiger partial charge in [0.2, 0.25) is 0 Å². The van der Waals surface area contributed by atoms with E-state index < -0.39 is 0 Å². The number of benzene rings is 1. The summed E-state index contributed by atoms with van der Waals surface area (Å²) in [7, 11) is 0. The smallest absolute Gasteiger partial charge is 0.151 e. The molecule has 1 aliphatic rings. The molecule has 94 valence electrons. The molecule has 0 aliphatic carbocycles. The van der Waals surface area contributed by atoms with E-state index >= 15 is 0 Å². The molecule has 0 spiro atoms. The van der Waals surface area contributed by atoms with Gasteiger partial charge in [-0.1, -0.05) is 6.07 Å². The molecule has 2 N–H and O–H groups in total. The highest BCUT2D eigenvalue weighted by Crippen LogP contribution is 2.26. The molecule has 0 atom stereocenters. The number of aromatic nitrogens is 2. The zero-order valence-electron chi connectivity index (χ0n) is 10.1. The van der Waals surface area contributed by atoms with Crippen molar-refractivity contribution < 1.29 is 9.13 Å². The number of ether oxygens (including phenoxy) is 1. The maximum atomic E-state index is 13.4. The Morgan fingerprint density at radius 3 is 3.11 bits per heavy atom. The Bertz CT molecular complexity index is 607. The molecule has 0 saturated heterocycles. The van der Waals surface area contributed by atoms with Crippen molar-refractivity contribution in [1.29, 1.82) is 0 Å². The zero-order chi connectivity index (χ0) is 12.7. The predicted octanol–water partition coefficient (Wildman–Crippen LogP) is 1.97. The van der Waals surface area contributed by atoms with Crippen LogP contribution in [0.25, 0.3) is 5.69 Å². The molecule has 3 rings (SSSR count). The molecule has 0 unspecified atom stereocenters. The predicted molar refractivity (Wildman–Crippen MR) is 66.0 cm³/mol. The third-order valence-corrected chi connectivity index (χ3v) is 3.25. The quantitative estimate of drug-likeness (QED) is 0.838. The lowest BCUT2D eigenvalue weighted by Crippen LogP contribution is -2.13. The van der Waals surface area contributed by atoms with E-state index in [2.05, 4.69) is 5.10 Å². The van der Waals surface area contributed by atoms with Crippen molar-refractivity contribution in [3.8, 4) is 5.69 Å². The van der Waals surface area contributed by atoms with Gasteiger partial charge in [-0.25, -0.2) is 9.07 Å². The van der Waals surface area contributed by atoms with Crippen molar-refractivity contribution in [1.82, 2.24) is 9.78 Å². The molecule has 1 aromatic heterocycles. The first-order valence-electron chi connectivity index (χ1n) is 5.87. The van der Waals surface area contributed by atoms with E-state index in [1.165, 1.54) is 12.1 Å². The highest BCUT2D eigenvalue weighted by atomic mass is 19.1. The molecule has 0 fully saturated rings. The van der Waals surface area contributed by atoms with Crippen molar-refractivity contribution in [2.45, 2.75) is 20.0 Å². The maximum absolute atomic E-state index is 13.4. The van der Waals surface area contributed by atoms with Gasteiger partial charge in [-0.05, 0) is 24.6 Å². The van der Waals surface area contributed by atoms with Gasteiger partial charge in [0.05, 0.1) is 24.6 Å². The summed E-state index contributed by atoms with van der Waals surface area (Å²) in [6, 6.07) is 4.67. The fraction of sp³-hybridized carbons (Fsp3) is 0.308. The third kappa shape index (κ3) is 1.67. The van der Waals surface area contributed by atoms with Crippen LogP contribution in [0.3, 0.4) is 0 Å². The minimum atomic E-state index is -0.273. The minimum absolute atomic E-state index is 0.273. The summed E-state index contributed by atoms with van der Waals surface area (Å²) in [5, 5.41) is 4.31. The van der Waals surface area contributed by atoms with Crippen LogP contribution < -0.4 is 5.73 Å². The maximum Gasteiger partial charge on any atom is 0.151 e. The summed E-state index contributed by atoms with van der Waals surface area (Å²) < 4.78 is 20.5. The number of fused-ring (bicyclic) bond motifs is 1. The van der Waals surface area contributed by atoms with Crippen LogP contribution in [0.4, 0.5) is 10.2 Å². The van der Waals surface area contributed by atoms with E-state index in [1.54, 1.807) is 10.7 Å². The number of aryl methyl sites for hydroxylation is 1. The molecule has 5 heteroatoms. The number of hydrogen-bond donors (Lipinski definition) is 1. The second-order valence-electron chi connectivity index (χ2n) is 4.46. The zero-order valence-corrected chi connectivity index (χ0v) is 10.1. The van der Waals surface area contributed by atoms with E-state index in [4.69, 9.17) is 10.5 Å². The SMILES string of the molecule is Cc1ccc(F)cc1-n1nc(N)c2c1CCOC2. The molecular weight excluding hydrogens is 233 g/mol. The molecule has 2 heterocycles. The second kappa shape index (κ2) is 4.10. The largest absolute Gasteiger partial charge is 0.382 e. The lowest BCUT2D eigenvalue weighted by atomic mass is 10.1. The Morgan fingerprint density at radius 1 is 1.44 bits per heavy atom. The van der Waals surface area contributed by atoms with Gasteiger partial charge in [0, 0.05) is 12.0 Å². The normalized spacial score (nSPS) is 14.6. The summed E-state index contributed by atoms with van der Waals surface area (Å²) >= 11 is 0. The van der Waals surface area contributed by atoms with E-state index in [9.17, 15) is 4.39 Å². The van der Waals surface area contributed by atoms with Crippen molar-refractivity contribution >= 4 is 5.82 Å². The Labute approximate surface area is 104 Å². The van der Waals surface area contributed by atoms with Gasteiger partial charge in [-0.2, -0.15) is 5.10 Å². The van der Waals surface area contributed by atoms with Gasteiger partial charge >= 0.3 is 0 Å². The topological polar surface area (TPSA) is 53.1 Å². The lowest BCUT2D eigenvalue weighted by molar-refractivity contribution is 0.110. The van der Waals surface area contributed by atoms with Crippen LogP contribution in [0.1, 0.15) is 16.8 Å². The van der Waals surface area contributed by atoms with Crippen LogP contribution in [-0.4, -0.2) is 16.4 Å². The van der Waals surface area contributed by atoms with Gasteiger partial charge < -0.3 is 10.5 Å².